The maximum Gasteiger partial charge on any atom is 0.309 e. The molecule has 0 unspecified atom stereocenters. The van der Waals surface area contributed by atoms with Crippen LogP contribution in [0.4, 0.5) is 0 Å². The third kappa shape index (κ3) is 5.06. The van der Waals surface area contributed by atoms with E-state index in [1.165, 1.54) is 20.0 Å². The molecule has 1 amide bonds. The molecule has 1 fully saturated rings. The lowest BCUT2D eigenvalue weighted by atomic mass is 10.1. The van der Waals surface area contributed by atoms with Crippen LogP contribution in [-0.2, 0) is 20.7 Å². The minimum atomic E-state index is -0.273. The normalized spacial score (nSPS) is 15.0. The lowest BCUT2D eigenvalue weighted by Crippen LogP contribution is -2.35. The molecule has 0 atom stereocenters. The molecule has 1 aliphatic rings. The summed E-state index contributed by atoms with van der Waals surface area (Å²) >= 11 is 0. The first kappa shape index (κ1) is 16.3. The van der Waals surface area contributed by atoms with Crippen LogP contribution in [0.25, 0.3) is 0 Å². The smallest absolute Gasteiger partial charge is 0.309 e. The summed E-state index contributed by atoms with van der Waals surface area (Å²) in [6.07, 6.45) is 4.80. The Hall–Kier alpha value is -2.04. The maximum atomic E-state index is 12.1. The van der Waals surface area contributed by atoms with Crippen molar-refractivity contribution in [1.29, 1.82) is 0 Å². The summed E-state index contributed by atoms with van der Waals surface area (Å²) in [6, 6.07) is 7.16. The van der Waals surface area contributed by atoms with E-state index in [4.69, 9.17) is 4.74 Å². The largest absolute Gasteiger partial charge is 0.484 e. The molecule has 2 rings (SSSR count). The van der Waals surface area contributed by atoms with Gasteiger partial charge in [-0.05, 0) is 30.5 Å². The van der Waals surface area contributed by atoms with Gasteiger partial charge in [-0.2, -0.15) is 0 Å². The second-order valence-corrected chi connectivity index (χ2v) is 5.48. The van der Waals surface area contributed by atoms with Crippen LogP contribution in [0.1, 0.15) is 31.2 Å². The molecule has 22 heavy (non-hydrogen) atoms. The summed E-state index contributed by atoms with van der Waals surface area (Å²) in [6.45, 7) is 1.73. The van der Waals surface area contributed by atoms with E-state index < -0.39 is 0 Å². The number of benzene rings is 1. The highest BCUT2D eigenvalue weighted by Gasteiger charge is 2.15. The molecular weight excluding hydrogens is 282 g/mol. The quantitative estimate of drug-likeness (QED) is 0.783. The molecule has 5 nitrogen and oxygen atoms in total. The van der Waals surface area contributed by atoms with Crippen molar-refractivity contribution in [1.82, 2.24) is 4.90 Å². The van der Waals surface area contributed by atoms with Gasteiger partial charge in [-0.3, -0.25) is 9.59 Å². The Balaban J connectivity index is 1.80. The number of likely N-dealkylation sites (tertiary alicyclic amines) is 1. The molecular formula is C17H23NO4. The van der Waals surface area contributed by atoms with Crippen LogP contribution < -0.4 is 4.74 Å². The molecule has 120 valence electrons. The van der Waals surface area contributed by atoms with Crippen LogP contribution in [0.15, 0.2) is 24.3 Å². The fraction of sp³-hybridized carbons (Fsp3) is 0.529. The molecule has 0 N–H and O–H groups in total. The number of methoxy groups -OCH3 is 1. The van der Waals surface area contributed by atoms with Gasteiger partial charge in [0.1, 0.15) is 5.75 Å². The van der Waals surface area contributed by atoms with Crippen LogP contribution in [0.2, 0.25) is 0 Å². The second-order valence-electron chi connectivity index (χ2n) is 5.48. The van der Waals surface area contributed by atoms with Crippen LogP contribution in [0.5, 0.6) is 5.75 Å². The number of carbonyl (C=O) groups excluding carboxylic acids is 2. The third-order valence-electron chi connectivity index (χ3n) is 3.82. The zero-order valence-electron chi connectivity index (χ0n) is 13.0. The average Bonchev–Trinajstić information content (AvgIpc) is 2.83. The molecule has 1 aromatic rings. The number of hydrogen-bond donors (Lipinski definition) is 0. The first-order valence-electron chi connectivity index (χ1n) is 7.75. The Morgan fingerprint density at radius 1 is 1.05 bits per heavy atom. The van der Waals surface area contributed by atoms with Gasteiger partial charge < -0.3 is 14.4 Å². The van der Waals surface area contributed by atoms with E-state index in [-0.39, 0.29) is 24.9 Å². The Morgan fingerprint density at radius 3 is 2.27 bits per heavy atom. The van der Waals surface area contributed by atoms with Gasteiger partial charge in [0.2, 0.25) is 0 Å². The summed E-state index contributed by atoms with van der Waals surface area (Å²) in [7, 11) is 1.37. The summed E-state index contributed by atoms with van der Waals surface area (Å²) < 4.78 is 10.2. The van der Waals surface area contributed by atoms with E-state index in [1.54, 1.807) is 12.1 Å². The molecule has 0 radical (unpaired) electrons. The van der Waals surface area contributed by atoms with Crippen molar-refractivity contribution in [2.24, 2.45) is 0 Å². The average molecular weight is 305 g/mol. The van der Waals surface area contributed by atoms with Crippen molar-refractivity contribution in [2.75, 3.05) is 26.8 Å². The van der Waals surface area contributed by atoms with Crippen molar-refractivity contribution < 1.29 is 19.1 Å². The standard InChI is InChI=1S/C17H23NO4/c1-21-17(20)12-14-6-8-15(9-7-14)22-13-16(19)18-10-4-2-3-5-11-18/h6-9H,2-5,10-13H2,1H3. The molecule has 1 heterocycles. The minimum absolute atomic E-state index is 0.0422. The lowest BCUT2D eigenvalue weighted by Gasteiger charge is -2.20. The van der Waals surface area contributed by atoms with Crippen molar-refractivity contribution in [3.8, 4) is 5.75 Å². The van der Waals surface area contributed by atoms with Crippen LogP contribution in [0.3, 0.4) is 0 Å². The monoisotopic (exact) mass is 305 g/mol. The Bertz CT molecular complexity index is 490. The zero-order chi connectivity index (χ0) is 15.8. The molecule has 1 saturated heterocycles. The maximum absolute atomic E-state index is 12.1. The van der Waals surface area contributed by atoms with Crippen LogP contribution in [0, 0.1) is 0 Å². The van der Waals surface area contributed by atoms with Gasteiger partial charge in [0.05, 0.1) is 13.5 Å². The lowest BCUT2D eigenvalue weighted by molar-refractivity contribution is -0.139. The van der Waals surface area contributed by atoms with Gasteiger partial charge in [0.25, 0.3) is 5.91 Å². The summed E-state index contributed by atoms with van der Waals surface area (Å²) in [4.78, 5) is 25.2. The Morgan fingerprint density at radius 2 is 1.68 bits per heavy atom. The van der Waals surface area contributed by atoms with Gasteiger partial charge in [-0.15, -0.1) is 0 Å². The molecule has 0 bridgehead atoms. The Kier molecular flexibility index (Phi) is 6.25. The van der Waals surface area contributed by atoms with Gasteiger partial charge in [0.15, 0.2) is 6.61 Å². The number of amides is 1. The number of ether oxygens (including phenoxy) is 2. The summed E-state index contributed by atoms with van der Waals surface area (Å²) in [5.74, 6) is 0.405. The van der Waals surface area contributed by atoms with Crippen molar-refractivity contribution in [2.45, 2.75) is 32.1 Å². The van der Waals surface area contributed by atoms with E-state index in [0.29, 0.717) is 5.75 Å². The van der Waals surface area contributed by atoms with Gasteiger partial charge in [-0.1, -0.05) is 25.0 Å². The fourth-order valence-corrected chi connectivity index (χ4v) is 2.50. The molecule has 0 aromatic heterocycles. The molecule has 0 saturated carbocycles. The van der Waals surface area contributed by atoms with E-state index in [9.17, 15) is 9.59 Å². The number of nitrogens with zero attached hydrogens (tertiary/aromatic N) is 1. The predicted molar refractivity (Wildman–Crippen MR) is 82.7 cm³/mol. The van der Waals surface area contributed by atoms with Gasteiger partial charge in [0, 0.05) is 13.1 Å². The van der Waals surface area contributed by atoms with Crippen molar-refractivity contribution in [3.05, 3.63) is 29.8 Å². The predicted octanol–water partition coefficient (Wildman–Crippen LogP) is 2.18. The van der Waals surface area contributed by atoms with Crippen molar-refractivity contribution in [3.63, 3.8) is 0 Å². The Labute approximate surface area is 131 Å². The topological polar surface area (TPSA) is 55.8 Å². The first-order valence-corrected chi connectivity index (χ1v) is 7.75. The summed E-state index contributed by atoms with van der Waals surface area (Å²) in [5.41, 5.74) is 0.859. The molecule has 0 spiro atoms. The molecule has 1 aliphatic heterocycles. The third-order valence-corrected chi connectivity index (χ3v) is 3.82. The van der Waals surface area contributed by atoms with E-state index >= 15 is 0 Å². The molecule has 0 aliphatic carbocycles. The van der Waals surface area contributed by atoms with Crippen LogP contribution in [-0.4, -0.2) is 43.6 Å². The van der Waals surface area contributed by atoms with Crippen LogP contribution >= 0.6 is 0 Å². The van der Waals surface area contributed by atoms with E-state index in [1.807, 2.05) is 17.0 Å². The van der Waals surface area contributed by atoms with E-state index in [0.717, 1.165) is 31.5 Å². The second kappa shape index (κ2) is 8.41. The van der Waals surface area contributed by atoms with E-state index in [2.05, 4.69) is 4.74 Å². The minimum Gasteiger partial charge on any atom is -0.484 e. The molecule has 1 aromatic carbocycles. The van der Waals surface area contributed by atoms with Gasteiger partial charge in [-0.25, -0.2) is 0 Å². The number of carbonyl (C=O) groups is 2. The highest BCUT2D eigenvalue weighted by molar-refractivity contribution is 5.77. The highest BCUT2D eigenvalue weighted by atomic mass is 16.5. The molecule has 5 heteroatoms. The first-order chi connectivity index (χ1) is 10.7. The van der Waals surface area contributed by atoms with Crippen molar-refractivity contribution >= 4 is 11.9 Å². The fourth-order valence-electron chi connectivity index (χ4n) is 2.50. The number of hydrogen-bond acceptors (Lipinski definition) is 4. The summed E-state index contributed by atoms with van der Waals surface area (Å²) in [5, 5.41) is 0. The number of rotatable bonds is 5. The zero-order valence-corrected chi connectivity index (χ0v) is 13.0. The van der Waals surface area contributed by atoms with Gasteiger partial charge >= 0.3 is 5.97 Å². The SMILES string of the molecule is COC(=O)Cc1ccc(OCC(=O)N2CCCCCC2)cc1. The number of esters is 1. The highest BCUT2D eigenvalue weighted by Crippen LogP contribution is 2.14.